The normalized spacial score (nSPS) is 15.8. The zero-order valence-corrected chi connectivity index (χ0v) is 16.0. The molecule has 0 spiro atoms. The molecule has 1 aromatic carbocycles. The van der Waals surface area contributed by atoms with Crippen LogP contribution >= 0.6 is 0 Å². The van der Waals surface area contributed by atoms with E-state index in [2.05, 4.69) is 0 Å². The largest absolute Gasteiger partial charge is 0.464 e. The Morgan fingerprint density at radius 3 is 2.54 bits per heavy atom. The van der Waals surface area contributed by atoms with Crippen LogP contribution in [0.1, 0.15) is 41.1 Å². The first-order valence-corrected chi connectivity index (χ1v) is 10.2. The summed E-state index contributed by atoms with van der Waals surface area (Å²) in [5.41, 5.74) is 0.355. The smallest absolute Gasteiger partial charge is 0.254 e. The van der Waals surface area contributed by atoms with Gasteiger partial charge in [-0.2, -0.15) is 4.31 Å². The number of benzene rings is 1. The zero-order chi connectivity index (χ0) is 18.7. The average Bonchev–Trinajstić information content (AvgIpc) is 3.06. The summed E-state index contributed by atoms with van der Waals surface area (Å²) in [5, 5.41) is 0. The molecule has 1 aliphatic heterocycles. The average molecular weight is 376 g/mol. The summed E-state index contributed by atoms with van der Waals surface area (Å²) in [4.78, 5) is 14.4. The number of sulfonamides is 1. The molecule has 7 heteroatoms. The van der Waals surface area contributed by atoms with Crippen LogP contribution < -0.4 is 0 Å². The monoisotopic (exact) mass is 376 g/mol. The first-order chi connectivity index (χ1) is 12.4. The third-order valence-electron chi connectivity index (χ3n) is 4.57. The molecule has 0 atom stereocenters. The molecule has 0 saturated carbocycles. The second kappa shape index (κ2) is 7.63. The van der Waals surface area contributed by atoms with Crippen molar-refractivity contribution in [2.75, 3.05) is 20.1 Å². The molecule has 0 bridgehead atoms. The van der Waals surface area contributed by atoms with E-state index < -0.39 is 10.0 Å². The van der Waals surface area contributed by atoms with E-state index in [0.29, 0.717) is 31.0 Å². The number of hydrogen-bond acceptors (Lipinski definition) is 4. The molecule has 2 heterocycles. The second-order valence-corrected chi connectivity index (χ2v) is 8.60. The van der Waals surface area contributed by atoms with E-state index >= 15 is 0 Å². The first-order valence-electron chi connectivity index (χ1n) is 8.79. The summed E-state index contributed by atoms with van der Waals surface area (Å²) < 4.78 is 32.6. The van der Waals surface area contributed by atoms with Gasteiger partial charge in [0.2, 0.25) is 10.0 Å². The van der Waals surface area contributed by atoms with E-state index in [9.17, 15) is 13.2 Å². The number of furan rings is 1. The molecule has 2 aromatic rings. The van der Waals surface area contributed by atoms with E-state index in [1.54, 1.807) is 25.2 Å². The molecule has 1 aromatic heterocycles. The summed E-state index contributed by atoms with van der Waals surface area (Å²) in [7, 11) is -1.88. The van der Waals surface area contributed by atoms with E-state index in [4.69, 9.17) is 4.42 Å². The fraction of sp³-hybridized carbons (Fsp3) is 0.421. The molecule has 0 unspecified atom stereocenters. The molecule has 0 N–H and O–H groups in total. The zero-order valence-electron chi connectivity index (χ0n) is 15.1. The highest BCUT2D eigenvalue weighted by Gasteiger charge is 2.26. The number of amides is 1. The van der Waals surface area contributed by atoms with Crippen LogP contribution in [0.25, 0.3) is 0 Å². The Labute approximate surface area is 154 Å². The van der Waals surface area contributed by atoms with Crippen molar-refractivity contribution < 1.29 is 17.6 Å². The Balaban J connectivity index is 1.78. The lowest BCUT2D eigenvalue weighted by molar-refractivity contribution is 0.0774. The number of aryl methyl sites for hydroxylation is 1. The molecule has 1 aliphatic rings. The maximum atomic E-state index is 12.8. The topological polar surface area (TPSA) is 70.8 Å². The van der Waals surface area contributed by atoms with Gasteiger partial charge in [0.05, 0.1) is 11.4 Å². The number of carbonyl (C=O) groups is 1. The van der Waals surface area contributed by atoms with E-state index in [1.807, 2.05) is 19.1 Å². The molecule has 0 aliphatic carbocycles. The third kappa shape index (κ3) is 3.99. The standard InChI is InChI=1S/C19H24N2O4S/c1-15-9-10-17(25-15)14-20(2)19(22)16-7-6-8-18(13-16)26(23,24)21-11-4-3-5-12-21/h6-10,13H,3-5,11-12,14H2,1-2H3. The van der Waals surface area contributed by atoms with Gasteiger partial charge in [-0.05, 0) is 50.1 Å². The molecule has 6 nitrogen and oxygen atoms in total. The van der Waals surface area contributed by atoms with Gasteiger partial charge >= 0.3 is 0 Å². The minimum absolute atomic E-state index is 0.174. The molecule has 140 valence electrons. The number of nitrogens with zero attached hydrogens (tertiary/aromatic N) is 2. The number of rotatable bonds is 5. The Kier molecular flexibility index (Phi) is 5.48. The molecular formula is C19H24N2O4S. The molecule has 1 fully saturated rings. The number of carbonyl (C=O) groups excluding carboxylic acids is 1. The number of hydrogen-bond donors (Lipinski definition) is 0. The summed E-state index contributed by atoms with van der Waals surface area (Å²) >= 11 is 0. The Bertz CT molecular complexity index is 882. The van der Waals surface area contributed by atoms with Crippen molar-refractivity contribution in [3.63, 3.8) is 0 Å². The van der Waals surface area contributed by atoms with Crippen LogP contribution in [-0.2, 0) is 16.6 Å². The van der Waals surface area contributed by atoms with Crippen molar-refractivity contribution in [1.82, 2.24) is 9.21 Å². The van der Waals surface area contributed by atoms with Crippen LogP contribution in [0, 0.1) is 6.92 Å². The van der Waals surface area contributed by atoms with Gasteiger partial charge in [0.15, 0.2) is 0 Å². The predicted octanol–water partition coefficient (Wildman–Crippen LogP) is 3.03. The maximum Gasteiger partial charge on any atom is 0.254 e. The van der Waals surface area contributed by atoms with Crippen LogP contribution in [0.3, 0.4) is 0 Å². The van der Waals surface area contributed by atoms with Gasteiger partial charge in [0.1, 0.15) is 11.5 Å². The molecular weight excluding hydrogens is 352 g/mol. The van der Waals surface area contributed by atoms with Gasteiger partial charge in [0.25, 0.3) is 5.91 Å². The maximum absolute atomic E-state index is 12.8. The van der Waals surface area contributed by atoms with Crippen molar-refractivity contribution in [2.24, 2.45) is 0 Å². The molecule has 3 rings (SSSR count). The van der Waals surface area contributed by atoms with Gasteiger partial charge in [0, 0.05) is 25.7 Å². The second-order valence-electron chi connectivity index (χ2n) is 6.67. The van der Waals surface area contributed by atoms with E-state index in [-0.39, 0.29) is 10.8 Å². The summed E-state index contributed by atoms with van der Waals surface area (Å²) in [5.74, 6) is 1.24. The van der Waals surface area contributed by atoms with Crippen LogP contribution in [0.2, 0.25) is 0 Å². The minimum Gasteiger partial charge on any atom is -0.464 e. The van der Waals surface area contributed by atoms with Crippen molar-refractivity contribution in [1.29, 1.82) is 0 Å². The minimum atomic E-state index is -3.56. The van der Waals surface area contributed by atoms with Crippen LogP contribution in [-0.4, -0.2) is 43.7 Å². The van der Waals surface area contributed by atoms with E-state index in [1.165, 1.54) is 15.3 Å². The fourth-order valence-electron chi connectivity index (χ4n) is 3.14. The molecule has 26 heavy (non-hydrogen) atoms. The first kappa shape index (κ1) is 18.7. The highest BCUT2D eigenvalue weighted by atomic mass is 32.2. The van der Waals surface area contributed by atoms with Gasteiger partial charge < -0.3 is 9.32 Å². The quantitative estimate of drug-likeness (QED) is 0.804. The lowest BCUT2D eigenvalue weighted by Crippen LogP contribution is -2.35. The summed E-state index contributed by atoms with van der Waals surface area (Å²) in [6, 6.07) is 9.96. The highest BCUT2D eigenvalue weighted by molar-refractivity contribution is 7.89. The predicted molar refractivity (Wildman–Crippen MR) is 98.3 cm³/mol. The molecule has 1 saturated heterocycles. The van der Waals surface area contributed by atoms with Crippen LogP contribution in [0.15, 0.2) is 45.7 Å². The summed E-state index contributed by atoms with van der Waals surface area (Å²) in [6.45, 7) is 3.26. The summed E-state index contributed by atoms with van der Waals surface area (Å²) in [6.07, 6.45) is 2.81. The van der Waals surface area contributed by atoms with Crippen molar-refractivity contribution in [3.8, 4) is 0 Å². The Hall–Kier alpha value is -2.12. The van der Waals surface area contributed by atoms with Crippen molar-refractivity contribution in [2.45, 2.75) is 37.6 Å². The van der Waals surface area contributed by atoms with E-state index in [0.717, 1.165) is 25.0 Å². The molecule has 1 amide bonds. The van der Waals surface area contributed by atoms with Gasteiger partial charge in [-0.1, -0.05) is 12.5 Å². The Morgan fingerprint density at radius 1 is 1.15 bits per heavy atom. The lowest BCUT2D eigenvalue weighted by Gasteiger charge is -2.26. The van der Waals surface area contributed by atoms with Crippen molar-refractivity contribution in [3.05, 3.63) is 53.5 Å². The van der Waals surface area contributed by atoms with Gasteiger partial charge in [-0.25, -0.2) is 8.42 Å². The third-order valence-corrected chi connectivity index (χ3v) is 6.46. The van der Waals surface area contributed by atoms with Gasteiger partial charge in [-0.3, -0.25) is 4.79 Å². The molecule has 0 radical (unpaired) electrons. The van der Waals surface area contributed by atoms with Gasteiger partial charge in [-0.15, -0.1) is 0 Å². The van der Waals surface area contributed by atoms with Crippen LogP contribution in [0.4, 0.5) is 0 Å². The number of piperidine rings is 1. The van der Waals surface area contributed by atoms with Crippen molar-refractivity contribution >= 4 is 15.9 Å². The highest BCUT2D eigenvalue weighted by Crippen LogP contribution is 2.22. The lowest BCUT2D eigenvalue weighted by atomic mass is 10.2. The fourth-order valence-corrected chi connectivity index (χ4v) is 4.70. The van der Waals surface area contributed by atoms with Crippen LogP contribution in [0.5, 0.6) is 0 Å². The SMILES string of the molecule is Cc1ccc(CN(C)C(=O)c2cccc(S(=O)(=O)N3CCCCC3)c2)o1. The Morgan fingerprint density at radius 2 is 1.88 bits per heavy atom.